The zero-order chi connectivity index (χ0) is 8.27. The van der Waals surface area contributed by atoms with E-state index >= 15 is 0 Å². The van der Waals surface area contributed by atoms with Crippen LogP contribution in [0, 0.1) is 0 Å². The topological polar surface area (TPSA) is 17.1 Å². The zero-order valence-corrected chi connectivity index (χ0v) is 7.78. The molecule has 1 nitrogen and oxygen atoms in total. The molecule has 58 valence electrons. The number of hydrogen-bond donors (Lipinski definition) is 1. The van der Waals surface area contributed by atoms with Crippen LogP contribution < -0.4 is 0 Å². The lowest BCUT2D eigenvalue weighted by atomic mass is 10.2. The number of Topliss-reactive ketones (excluding diaryl/α,β-unsaturated/α-hetero) is 1. The molecule has 0 aromatic heterocycles. The Morgan fingerprint density at radius 2 is 1.91 bits per heavy atom. The highest BCUT2D eigenvalue weighted by molar-refractivity contribution is 8.68. The first kappa shape index (κ1) is 8.68. The standard InChI is InChI=1S/C8H8OS2/c1-6(9)7-2-4-8(11-10)5-3-7/h2-5,10H,1H3. The van der Waals surface area contributed by atoms with Gasteiger partial charge in [-0.25, -0.2) is 0 Å². The van der Waals surface area contributed by atoms with Gasteiger partial charge in [-0.15, -0.1) is 11.7 Å². The summed E-state index contributed by atoms with van der Waals surface area (Å²) in [5.74, 6) is 0.0979. The van der Waals surface area contributed by atoms with Crippen molar-refractivity contribution in [3.05, 3.63) is 29.8 Å². The average molecular weight is 184 g/mol. The Balaban J connectivity index is 2.91. The Labute approximate surface area is 75.0 Å². The van der Waals surface area contributed by atoms with Gasteiger partial charge in [-0.3, -0.25) is 4.79 Å². The SMILES string of the molecule is CC(=O)c1ccc(SS)cc1. The summed E-state index contributed by atoms with van der Waals surface area (Å²) >= 11 is 4.03. The van der Waals surface area contributed by atoms with E-state index < -0.39 is 0 Å². The molecule has 0 atom stereocenters. The monoisotopic (exact) mass is 184 g/mol. The summed E-state index contributed by atoms with van der Waals surface area (Å²) in [6.45, 7) is 1.56. The quantitative estimate of drug-likeness (QED) is 0.432. The number of hydrogen-bond acceptors (Lipinski definition) is 3. The number of carbonyl (C=O) groups is 1. The summed E-state index contributed by atoms with van der Waals surface area (Å²) in [7, 11) is 1.37. The molecule has 0 saturated carbocycles. The maximum absolute atomic E-state index is 10.8. The number of thiol groups is 1. The lowest BCUT2D eigenvalue weighted by Crippen LogP contribution is -1.89. The third kappa shape index (κ3) is 2.27. The van der Waals surface area contributed by atoms with Crippen LogP contribution in [0.5, 0.6) is 0 Å². The highest BCUT2D eigenvalue weighted by Crippen LogP contribution is 2.21. The Kier molecular flexibility index (Phi) is 3.02. The molecule has 0 unspecified atom stereocenters. The van der Waals surface area contributed by atoms with Gasteiger partial charge < -0.3 is 0 Å². The summed E-state index contributed by atoms with van der Waals surface area (Å²) in [5, 5.41) is 0. The minimum atomic E-state index is 0.0979. The molecule has 11 heavy (non-hydrogen) atoms. The van der Waals surface area contributed by atoms with Crippen LogP contribution in [-0.2, 0) is 0 Å². The lowest BCUT2D eigenvalue weighted by molar-refractivity contribution is 0.101. The summed E-state index contributed by atoms with van der Waals surface area (Å²) in [6.07, 6.45) is 0. The third-order valence-corrected chi connectivity index (χ3v) is 2.48. The van der Waals surface area contributed by atoms with Gasteiger partial charge in [0.1, 0.15) is 0 Å². The summed E-state index contributed by atoms with van der Waals surface area (Å²) in [5.41, 5.74) is 0.746. The van der Waals surface area contributed by atoms with E-state index in [2.05, 4.69) is 11.7 Å². The lowest BCUT2D eigenvalue weighted by Gasteiger charge is -1.96. The van der Waals surface area contributed by atoms with E-state index in [1.54, 1.807) is 19.1 Å². The molecule has 0 aliphatic carbocycles. The van der Waals surface area contributed by atoms with Crippen molar-refractivity contribution in [3.63, 3.8) is 0 Å². The van der Waals surface area contributed by atoms with E-state index in [-0.39, 0.29) is 5.78 Å². The first-order valence-corrected chi connectivity index (χ1v) is 5.03. The first-order chi connectivity index (χ1) is 5.24. The highest BCUT2D eigenvalue weighted by atomic mass is 33.1. The Bertz CT molecular complexity index is 253. The summed E-state index contributed by atoms with van der Waals surface area (Å²) < 4.78 is 0. The number of ketones is 1. The molecular formula is C8H8OS2. The van der Waals surface area contributed by atoms with Gasteiger partial charge in [-0.2, -0.15) is 0 Å². The van der Waals surface area contributed by atoms with Gasteiger partial charge in [0.15, 0.2) is 5.78 Å². The van der Waals surface area contributed by atoms with E-state index in [0.717, 1.165) is 10.5 Å². The van der Waals surface area contributed by atoms with Crippen molar-refractivity contribution >= 4 is 28.2 Å². The largest absolute Gasteiger partial charge is 0.295 e. The van der Waals surface area contributed by atoms with Gasteiger partial charge in [0.2, 0.25) is 0 Å². The minimum absolute atomic E-state index is 0.0979. The van der Waals surface area contributed by atoms with Crippen molar-refractivity contribution < 1.29 is 4.79 Å². The fourth-order valence-electron chi connectivity index (χ4n) is 0.751. The van der Waals surface area contributed by atoms with Crippen LogP contribution in [0.2, 0.25) is 0 Å². The van der Waals surface area contributed by atoms with Crippen molar-refractivity contribution in [2.45, 2.75) is 11.8 Å². The molecule has 0 saturated heterocycles. The summed E-state index contributed by atoms with van der Waals surface area (Å²) in [6, 6.07) is 7.38. The van der Waals surface area contributed by atoms with E-state index in [1.807, 2.05) is 12.1 Å². The normalized spacial score (nSPS) is 9.64. The van der Waals surface area contributed by atoms with Crippen LogP contribution in [0.4, 0.5) is 0 Å². The molecule has 0 amide bonds. The zero-order valence-electron chi connectivity index (χ0n) is 6.07. The molecule has 0 heterocycles. The molecule has 1 rings (SSSR count). The molecule has 0 N–H and O–H groups in total. The molecule has 1 aromatic carbocycles. The summed E-state index contributed by atoms with van der Waals surface area (Å²) in [4.78, 5) is 11.9. The van der Waals surface area contributed by atoms with Crippen LogP contribution in [0.15, 0.2) is 29.2 Å². The fourth-order valence-corrected chi connectivity index (χ4v) is 1.37. The molecule has 1 aromatic rings. The van der Waals surface area contributed by atoms with Crippen LogP contribution in [-0.4, -0.2) is 5.78 Å². The van der Waals surface area contributed by atoms with Gasteiger partial charge in [-0.1, -0.05) is 22.9 Å². The van der Waals surface area contributed by atoms with Gasteiger partial charge >= 0.3 is 0 Å². The maximum atomic E-state index is 10.8. The van der Waals surface area contributed by atoms with E-state index in [9.17, 15) is 4.79 Å². The molecule has 0 spiro atoms. The van der Waals surface area contributed by atoms with Crippen LogP contribution in [0.3, 0.4) is 0 Å². The van der Waals surface area contributed by atoms with E-state index in [0.29, 0.717) is 0 Å². The second-order valence-electron chi connectivity index (χ2n) is 2.17. The van der Waals surface area contributed by atoms with Crippen molar-refractivity contribution in [1.82, 2.24) is 0 Å². The Morgan fingerprint density at radius 1 is 1.36 bits per heavy atom. The van der Waals surface area contributed by atoms with Crippen molar-refractivity contribution in [2.24, 2.45) is 0 Å². The maximum Gasteiger partial charge on any atom is 0.159 e. The van der Waals surface area contributed by atoms with Crippen LogP contribution in [0.1, 0.15) is 17.3 Å². The number of benzene rings is 1. The van der Waals surface area contributed by atoms with E-state index in [4.69, 9.17) is 0 Å². The Hall–Kier alpha value is -0.410. The van der Waals surface area contributed by atoms with Gasteiger partial charge in [0.05, 0.1) is 0 Å². The molecule has 0 fully saturated rings. The number of carbonyl (C=O) groups excluding carboxylic acids is 1. The molecule has 3 heteroatoms. The fraction of sp³-hybridized carbons (Fsp3) is 0.125. The molecule has 0 aliphatic rings. The molecule has 0 radical (unpaired) electrons. The highest BCUT2D eigenvalue weighted by Gasteiger charge is 1.97. The smallest absolute Gasteiger partial charge is 0.159 e. The second kappa shape index (κ2) is 3.83. The van der Waals surface area contributed by atoms with Crippen molar-refractivity contribution in [1.29, 1.82) is 0 Å². The van der Waals surface area contributed by atoms with E-state index in [1.165, 1.54) is 10.8 Å². The molecule has 0 bridgehead atoms. The predicted molar refractivity (Wildman–Crippen MR) is 51.3 cm³/mol. The van der Waals surface area contributed by atoms with Crippen LogP contribution >= 0.6 is 22.5 Å². The minimum Gasteiger partial charge on any atom is -0.295 e. The van der Waals surface area contributed by atoms with Crippen molar-refractivity contribution in [3.8, 4) is 0 Å². The predicted octanol–water partition coefficient (Wildman–Crippen LogP) is 2.83. The number of rotatable bonds is 2. The van der Waals surface area contributed by atoms with Gasteiger partial charge in [-0.05, 0) is 19.1 Å². The molecule has 0 aliphatic heterocycles. The second-order valence-corrected chi connectivity index (χ2v) is 3.37. The first-order valence-electron chi connectivity index (χ1n) is 3.16. The molecular weight excluding hydrogens is 176 g/mol. The van der Waals surface area contributed by atoms with Crippen LogP contribution in [0.25, 0.3) is 0 Å². The third-order valence-electron chi connectivity index (χ3n) is 1.37. The van der Waals surface area contributed by atoms with Gasteiger partial charge in [0, 0.05) is 10.5 Å². The van der Waals surface area contributed by atoms with Crippen molar-refractivity contribution in [2.75, 3.05) is 0 Å². The Morgan fingerprint density at radius 3 is 2.27 bits per heavy atom. The van der Waals surface area contributed by atoms with Gasteiger partial charge in [0.25, 0.3) is 0 Å². The average Bonchev–Trinajstić information content (AvgIpc) is 2.05.